The molecule has 1 aliphatic rings. The maximum atomic E-state index is 3.81. The van der Waals surface area contributed by atoms with Crippen LogP contribution in [0, 0.1) is 12.3 Å². The van der Waals surface area contributed by atoms with Gasteiger partial charge in [0.2, 0.25) is 0 Å². The first-order valence-corrected chi connectivity index (χ1v) is 7.93. The van der Waals surface area contributed by atoms with Crippen LogP contribution in [-0.4, -0.2) is 12.6 Å². The Labute approximate surface area is 118 Å². The highest BCUT2D eigenvalue weighted by molar-refractivity contribution is 5.22. The summed E-state index contributed by atoms with van der Waals surface area (Å²) in [5, 5.41) is 3.81. The molecule has 1 unspecified atom stereocenters. The van der Waals surface area contributed by atoms with Gasteiger partial charge in [0.1, 0.15) is 0 Å². The standard InChI is InChI=1S/C18H29N/c1-4-13-19-17(18(3)11-5-6-12-18)14-16-9-7-15(2)8-10-16/h7-10,17,19H,4-6,11-14H2,1-3H3. The summed E-state index contributed by atoms with van der Waals surface area (Å²) in [6.07, 6.45) is 8.00. The predicted octanol–water partition coefficient (Wildman–Crippen LogP) is 4.49. The van der Waals surface area contributed by atoms with E-state index in [-0.39, 0.29) is 0 Å². The van der Waals surface area contributed by atoms with Crippen molar-refractivity contribution in [3.05, 3.63) is 35.4 Å². The summed E-state index contributed by atoms with van der Waals surface area (Å²) < 4.78 is 0. The summed E-state index contributed by atoms with van der Waals surface area (Å²) in [6, 6.07) is 9.72. The molecule has 106 valence electrons. The van der Waals surface area contributed by atoms with Crippen molar-refractivity contribution in [2.75, 3.05) is 6.54 Å². The van der Waals surface area contributed by atoms with E-state index in [1.54, 1.807) is 0 Å². The zero-order chi connectivity index (χ0) is 13.7. The molecule has 1 N–H and O–H groups in total. The Morgan fingerprint density at radius 2 is 1.79 bits per heavy atom. The van der Waals surface area contributed by atoms with E-state index in [9.17, 15) is 0 Å². The van der Waals surface area contributed by atoms with E-state index < -0.39 is 0 Å². The van der Waals surface area contributed by atoms with Gasteiger partial charge in [-0.05, 0) is 50.1 Å². The third kappa shape index (κ3) is 3.82. The molecule has 0 bridgehead atoms. The smallest absolute Gasteiger partial charge is 0.0161 e. The van der Waals surface area contributed by atoms with Crippen LogP contribution in [0.25, 0.3) is 0 Å². The Hall–Kier alpha value is -0.820. The van der Waals surface area contributed by atoms with Gasteiger partial charge in [0.15, 0.2) is 0 Å². The van der Waals surface area contributed by atoms with Crippen LogP contribution in [0.5, 0.6) is 0 Å². The normalized spacial score (nSPS) is 19.5. The number of nitrogens with one attached hydrogen (secondary N) is 1. The molecule has 1 atom stereocenters. The molecule has 1 nitrogen and oxygen atoms in total. The minimum atomic E-state index is 0.500. The van der Waals surface area contributed by atoms with Crippen molar-refractivity contribution in [1.29, 1.82) is 0 Å². The van der Waals surface area contributed by atoms with E-state index >= 15 is 0 Å². The fraction of sp³-hybridized carbons (Fsp3) is 0.667. The lowest BCUT2D eigenvalue weighted by Gasteiger charge is -2.35. The fourth-order valence-electron chi connectivity index (χ4n) is 3.37. The average Bonchev–Trinajstić information content (AvgIpc) is 2.85. The summed E-state index contributed by atoms with van der Waals surface area (Å²) in [5.41, 5.74) is 3.33. The third-order valence-corrected chi connectivity index (χ3v) is 4.79. The first-order chi connectivity index (χ1) is 9.14. The highest BCUT2D eigenvalue weighted by atomic mass is 14.9. The van der Waals surface area contributed by atoms with E-state index in [0.29, 0.717) is 11.5 Å². The number of aryl methyl sites for hydroxylation is 1. The molecule has 19 heavy (non-hydrogen) atoms. The highest BCUT2D eigenvalue weighted by Crippen LogP contribution is 2.41. The van der Waals surface area contributed by atoms with E-state index in [1.807, 2.05) is 0 Å². The van der Waals surface area contributed by atoms with Crippen molar-refractivity contribution >= 4 is 0 Å². The predicted molar refractivity (Wildman–Crippen MR) is 83.5 cm³/mol. The molecule has 0 amide bonds. The van der Waals surface area contributed by atoms with Gasteiger partial charge < -0.3 is 5.32 Å². The van der Waals surface area contributed by atoms with Crippen molar-refractivity contribution < 1.29 is 0 Å². The average molecular weight is 259 g/mol. The number of benzene rings is 1. The van der Waals surface area contributed by atoms with Gasteiger partial charge in [-0.1, -0.05) is 56.5 Å². The fourth-order valence-corrected chi connectivity index (χ4v) is 3.37. The SMILES string of the molecule is CCCNC(Cc1ccc(C)cc1)C1(C)CCCC1. The van der Waals surface area contributed by atoms with Crippen molar-refractivity contribution in [3.8, 4) is 0 Å². The molecule has 2 rings (SSSR count). The van der Waals surface area contributed by atoms with Crippen LogP contribution < -0.4 is 5.32 Å². The Balaban J connectivity index is 2.06. The van der Waals surface area contributed by atoms with Gasteiger partial charge in [0, 0.05) is 6.04 Å². The maximum absolute atomic E-state index is 3.81. The van der Waals surface area contributed by atoms with Gasteiger partial charge in [-0.3, -0.25) is 0 Å². The molecule has 1 aliphatic carbocycles. The van der Waals surface area contributed by atoms with Gasteiger partial charge in [0.05, 0.1) is 0 Å². The lowest BCUT2D eigenvalue weighted by atomic mass is 9.77. The third-order valence-electron chi connectivity index (χ3n) is 4.79. The van der Waals surface area contributed by atoms with Gasteiger partial charge in [-0.25, -0.2) is 0 Å². The molecule has 0 radical (unpaired) electrons. The Kier molecular flexibility index (Phi) is 5.04. The molecule has 0 spiro atoms. The van der Waals surface area contributed by atoms with Gasteiger partial charge in [-0.2, -0.15) is 0 Å². The number of hydrogen-bond acceptors (Lipinski definition) is 1. The summed E-state index contributed by atoms with van der Waals surface area (Å²) in [4.78, 5) is 0. The lowest BCUT2D eigenvalue weighted by molar-refractivity contribution is 0.219. The van der Waals surface area contributed by atoms with Crippen LogP contribution in [0.2, 0.25) is 0 Å². The molecule has 1 fully saturated rings. The quantitative estimate of drug-likeness (QED) is 0.794. The summed E-state index contributed by atoms with van der Waals surface area (Å²) in [6.45, 7) is 8.05. The lowest BCUT2D eigenvalue weighted by Crippen LogP contribution is -2.44. The number of rotatable bonds is 6. The zero-order valence-electron chi connectivity index (χ0n) is 12.8. The second kappa shape index (κ2) is 6.56. The van der Waals surface area contributed by atoms with Gasteiger partial charge in [-0.15, -0.1) is 0 Å². The molecule has 1 saturated carbocycles. The largest absolute Gasteiger partial charge is 0.313 e. The molecule has 0 heterocycles. The molecule has 1 aromatic carbocycles. The van der Waals surface area contributed by atoms with Crippen LogP contribution in [0.15, 0.2) is 24.3 Å². The van der Waals surface area contributed by atoms with Crippen LogP contribution in [0.1, 0.15) is 57.1 Å². The Bertz CT molecular complexity index is 373. The molecule has 1 aromatic rings. The van der Waals surface area contributed by atoms with Crippen LogP contribution >= 0.6 is 0 Å². The molecule has 0 saturated heterocycles. The molecular weight excluding hydrogens is 230 g/mol. The molecular formula is C18H29N. The van der Waals surface area contributed by atoms with Crippen molar-refractivity contribution in [3.63, 3.8) is 0 Å². The van der Waals surface area contributed by atoms with E-state index in [2.05, 4.69) is 50.4 Å². The molecule has 1 heteroatoms. The van der Waals surface area contributed by atoms with Gasteiger partial charge >= 0.3 is 0 Å². The molecule has 0 aliphatic heterocycles. The maximum Gasteiger partial charge on any atom is 0.0161 e. The first-order valence-electron chi connectivity index (χ1n) is 7.93. The summed E-state index contributed by atoms with van der Waals surface area (Å²) in [5.74, 6) is 0. The Morgan fingerprint density at radius 1 is 1.16 bits per heavy atom. The molecule has 0 aromatic heterocycles. The van der Waals surface area contributed by atoms with Crippen molar-refractivity contribution in [2.24, 2.45) is 5.41 Å². The van der Waals surface area contributed by atoms with Gasteiger partial charge in [0.25, 0.3) is 0 Å². The first kappa shape index (κ1) is 14.6. The zero-order valence-corrected chi connectivity index (χ0v) is 12.8. The summed E-state index contributed by atoms with van der Waals surface area (Å²) in [7, 11) is 0. The van der Waals surface area contributed by atoms with E-state index in [1.165, 1.54) is 49.7 Å². The van der Waals surface area contributed by atoms with Crippen LogP contribution in [-0.2, 0) is 6.42 Å². The minimum absolute atomic E-state index is 0.500. The number of hydrogen-bond donors (Lipinski definition) is 1. The second-order valence-corrected chi connectivity index (χ2v) is 6.56. The van der Waals surface area contributed by atoms with E-state index in [0.717, 1.165) is 6.54 Å². The summed E-state index contributed by atoms with van der Waals surface area (Å²) >= 11 is 0. The minimum Gasteiger partial charge on any atom is -0.313 e. The second-order valence-electron chi connectivity index (χ2n) is 6.56. The van der Waals surface area contributed by atoms with Crippen LogP contribution in [0.3, 0.4) is 0 Å². The Morgan fingerprint density at radius 3 is 2.37 bits per heavy atom. The monoisotopic (exact) mass is 259 g/mol. The highest BCUT2D eigenvalue weighted by Gasteiger charge is 2.36. The van der Waals surface area contributed by atoms with E-state index in [4.69, 9.17) is 0 Å². The van der Waals surface area contributed by atoms with Crippen molar-refractivity contribution in [2.45, 2.75) is 65.3 Å². The van der Waals surface area contributed by atoms with Crippen LogP contribution in [0.4, 0.5) is 0 Å². The van der Waals surface area contributed by atoms with Crippen molar-refractivity contribution in [1.82, 2.24) is 5.32 Å². The topological polar surface area (TPSA) is 12.0 Å².